The molecular weight excluding hydrogens is 244 g/mol. The van der Waals surface area contributed by atoms with Crippen LogP contribution >= 0.6 is 0 Å². The van der Waals surface area contributed by atoms with Gasteiger partial charge in [-0.05, 0) is 43.0 Å². The molecule has 0 amide bonds. The summed E-state index contributed by atoms with van der Waals surface area (Å²) in [5, 5.41) is 0. The molecule has 100 valence electrons. The third-order valence-corrected chi connectivity index (χ3v) is 3.39. The van der Waals surface area contributed by atoms with Crippen molar-refractivity contribution in [3.63, 3.8) is 0 Å². The zero-order chi connectivity index (χ0) is 14.0. The Morgan fingerprint density at radius 1 is 1.00 bits per heavy atom. The molecule has 2 aromatic rings. The van der Waals surface area contributed by atoms with Gasteiger partial charge in [0.1, 0.15) is 11.6 Å². The molecule has 0 bridgehead atoms. The number of nitrogens with two attached hydrogens (primary N) is 1. The molecule has 1 nitrogen and oxygen atoms in total. The Bertz CT molecular complexity index is 593. The van der Waals surface area contributed by atoms with Crippen LogP contribution in [-0.4, -0.2) is 0 Å². The minimum absolute atomic E-state index is 0.347. The van der Waals surface area contributed by atoms with Gasteiger partial charge in [-0.2, -0.15) is 0 Å². The summed E-state index contributed by atoms with van der Waals surface area (Å²) >= 11 is 0. The minimum atomic E-state index is -0.587. The van der Waals surface area contributed by atoms with Gasteiger partial charge in [0.15, 0.2) is 0 Å². The fourth-order valence-electron chi connectivity index (χ4n) is 2.10. The van der Waals surface area contributed by atoms with Crippen LogP contribution in [0, 0.1) is 25.5 Å². The van der Waals surface area contributed by atoms with E-state index in [2.05, 4.69) is 6.07 Å². The summed E-state index contributed by atoms with van der Waals surface area (Å²) in [7, 11) is 0. The molecule has 1 unspecified atom stereocenters. The second-order valence-corrected chi connectivity index (χ2v) is 4.90. The summed E-state index contributed by atoms with van der Waals surface area (Å²) in [5.41, 5.74) is 9.80. The smallest absolute Gasteiger partial charge is 0.130 e. The van der Waals surface area contributed by atoms with E-state index >= 15 is 0 Å². The molecule has 0 radical (unpaired) electrons. The SMILES string of the molecule is Cc1ccc(CC(N)c2ccc(F)cc2F)cc1C. The van der Waals surface area contributed by atoms with Gasteiger partial charge in [0, 0.05) is 17.7 Å². The molecule has 1 atom stereocenters. The molecule has 0 saturated heterocycles. The molecule has 2 aromatic carbocycles. The van der Waals surface area contributed by atoms with Gasteiger partial charge >= 0.3 is 0 Å². The first-order valence-electron chi connectivity index (χ1n) is 6.24. The summed E-state index contributed by atoms with van der Waals surface area (Å²) in [5.74, 6) is -1.17. The van der Waals surface area contributed by atoms with Crippen molar-refractivity contribution in [1.29, 1.82) is 0 Å². The first-order chi connectivity index (χ1) is 8.97. The number of hydrogen-bond acceptors (Lipinski definition) is 1. The van der Waals surface area contributed by atoms with Crippen molar-refractivity contribution in [3.8, 4) is 0 Å². The van der Waals surface area contributed by atoms with Gasteiger partial charge in [-0.3, -0.25) is 0 Å². The highest BCUT2D eigenvalue weighted by atomic mass is 19.1. The molecule has 0 heterocycles. The number of hydrogen-bond donors (Lipinski definition) is 1. The fourth-order valence-corrected chi connectivity index (χ4v) is 2.10. The van der Waals surface area contributed by atoms with E-state index in [-0.39, 0.29) is 0 Å². The van der Waals surface area contributed by atoms with Gasteiger partial charge < -0.3 is 5.73 Å². The summed E-state index contributed by atoms with van der Waals surface area (Å²) in [6, 6.07) is 9.12. The molecule has 0 aliphatic carbocycles. The van der Waals surface area contributed by atoms with Crippen LogP contribution in [-0.2, 0) is 6.42 Å². The van der Waals surface area contributed by atoms with Crippen molar-refractivity contribution in [2.24, 2.45) is 5.73 Å². The second-order valence-electron chi connectivity index (χ2n) is 4.90. The molecule has 2 rings (SSSR count). The maximum absolute atomic E-state index is 13.6. The van der Waals surface area contributed by atoms with Crippen LogP contribution in [0.4, 0.5) is 8.78 Å². The van der Waals surface area contributed by atoms with Crippen molar-refractivity contribution < 1.29 is 8.78 Å². The van der Waals surface area contributed by atoms with Gasteiger partial charge in [0.05, 0.1) is 0 Å². The van der Waals surface area contributed by atoms with E-state index in [9.17, 15) is 8.78 Å². The van der Waals surface area contributed by atoms with Crippen molar-refractivity contribution in [3.05, 3.63) is 70.3 Å². The highest BCUT2D eigenvalue weighted by Crippen LogP contribution is 2.21. The van der Waals surface area contributed by atoms with E-state index in [1.807, 2.05) is 26.0 Å². The maximum Gasteiger partial charge on any atom is 0.130 e. The lowest BCUT2D eigenvalue weighted by Crippen LogP contribution is -2.15. The third-order valence-electron chi connectivity index (χ3n) is 3.39. The number of aryl methyl sites for hydroxylation is 2. The first kappa shape index (κ1) is 13.7. The summed E-state index contributed by atoms with van der Waals surface area (Å²) < 4.78 is 26.5. The molecule has 0 aliphatic rings. The molecule has 2 N–H and O–H groups in total. The lowest BCUT2D eigenvalue weighted by atomic mass is 9.97. The van der Waals surface area contributed by atoms with Crippen molar-refractivity contribution in [1.82, 2.24) is 0 Å². The van der Waals surface area contributed by atoms with E-state index in [4.69, 9.17) is 5.73 Å². The van der Waals surface area contributed by atoms with Crippen LogP contribution in [0.2, 0.25) is 0 Å². The number of halogens is 2. The average molecular weight is 261 g/mol. The molecule has 0 aromatic heterocycles. The normalized spacial score (nSPS) is 12.5. The van der Waals surface area contributed by atoms with Crippen LogP contribution in [0.1, 0.15) is 28.3 Å². The molecule has 0 spiro atoms. The largest absolute Gasteiger partial charge is 0.324 e. The van der Waals surface area contributed by atoms with E-state index in [0.29, 0.717) is 12.0 Å². The highest BCUT2D eigenvalue weighted by molar-refractivity contribution is 5.32. The Kier molecular flexibility index (Phi) is 3.96. The van der Waals surface area contributed by atoms with Gasteiger partial charge in [-0.1, -0.05) is 24.3 Å². The van der Waals surface area contributed by atoms with Crippen LogP contribution in [0.3, 0.4) is 0 Å². The molecule has 0 fully saturated rings. The van der Waals surface area contributed by atoms with E-state index in [1.165, 1.54) is 23.3 Å². The summed E-state index contributed by atoms with van der Waals surface area (Å²) in [4.78, 5) is 0. The summed E-state index contributed by atoms with van der Waals surface area (Å²) in [6.07, 6.45) is 0.531. The Labute approximate surface area is 112 Å². The highest BCUT2D eigenvalue weighted by Gasteiger charge is 2.13. The Hall–Kier alpha value is -1.74. The second kappa shape index (κ2) is 5.49. The lowest BCUT2D eigenvalue weighted by molar-refractivity contribution is 0.554. The van der Waals surface area contributed by atoms with Gasteiger partial charge in [-0.15, -0.1) is 0 Å². The quantitative estimate of drug-likeness (QED) is 0.893. The Balaban J connectivity index is 2.20. The van der Waals surface area contributed by atoms with Crippen LogP contribution < -0.4 is 5.73 Å². The van der Waals surface area contributed by atoms with Crippen LogP contribution in [0.15, 0.2) is 36.4 Å². The Morgan fingerprint density at radius 2 is 1.74 bits per heavy atom. The molecule has 3 heteroatoms. The molecule has 19 heavy (non-hydrogen) atoms. The lowest BCUT2D eigenvalue weighted by Gasteiger charge is -2.14. The predicted octanol–water partition coefficient (Wildman–Crippen LogP) is 3.82. The zero-order valence-corrected chi connectivity index (χ0v) is 11.1. The molecule has 0 saturated carbocycles. The average Bonchev–Trinajstić information content (AvgIpc) is 2.33. The number of rotatable bonds is 3. The third kappa shape index (κ3) is 3.18. The monoisotopic (exact) mass is 261 g/mol. The zero-order valence-electron chi connectivity index (χ0n) is 11.1. The predicted molar refractivity (Wildman–Crippen MR) is 72.9 cm³/mol. The van der Waals surface area contributed by atoms with Crippen molar-refractivity contribution in [2.45, 2.75) is 26.3 Å². The summed E-state index contributed by atoms with van der Waals surface area (Å²) in [6.45, 7) is 4.07. The van der Waals surface area contributed by atoms with Crippen LogP contribution in [0.25, 0.3) is 0 Å². The van der Waals surface area contributed by atoms with E-state index in [0.717, 1.165) is 11.6 Å². The standard InChI is InChI=1S/C16H17F2N/c1-10-3-4-12(7-11(10)2)8-16(19)14-6-5-13(17)9-15(14)18/h3-7,9,16H,8,19H2,1-2H3. The van der Waals surface area contributed by atoms with Crippen molar-refractivity contribution >= 4 is 0 Å². The molecule has 0 aliphatic heterocycles. The van der Waals surface area contributed by atoms with Gasteiger partial charge in [0.2, 0.25) is 0 Å². The minimum Gasteiger partial charge on any atom is -0.324 e. The van der Waals surface area contributed by atoms with Gasteiger partial charge in [-0.25, -0.2) is 8.78 Å². The van der Waals surface area contributed by atoms with Crippen molar-refractivity contribution in [2.75, 3.05) is 0 Å². The Morgan fingerprint density at radius 3 is 2.37 bits per heavy atom. The van der Waals surface area contributed by atoms with E-state index < -0.39 is 17.7 Å². The number of benzene rings is 2. The topological polar surface area (TPSA) is 26.0 Å². The van der Waals surface area contributed by atoms with Gasteiger partial charge in [0.25, 0.3) is 0 Å². The maximum atomic E-state index is 13.6. The molecular formula is C16H17F2N. The van der Waals surface area contributed by atoms with Crippen LogP contribution in [0.5, 0.6) is 0 Å². The fraction of sp³-hybridized carbons (Fsp3) is 0.250. The first-order valence-corrected chi connectivity index (χ1v) is 6.24. The van der Waals surface area contributed by atoms with E-state index in [1.54, 1.807) is 0 Å².